The predicted octanol–water partition coefficient (Wildman–Crippen LogP) is 3.85. The summed E-state index contributed by atoms with van der Waals surface area (Å²) in [4.78, 5) is 22.8. The number of aromatic nitrogens is 3. The first-order chi connectivity index (χ1) is 13.9. The Labute approximate surface area is 172 Å². The summed E-state index contributed by atoms with van der Waals surface area (Å²) in [7, 11) is 2.12. The summed E-state index contributed by atoms with van der Waals surface area (Å²) in [6.07, 6.45) is 4.82. The number of carbonyl (C=O) groups is 1. The lowest BCUT2D eigenvalue weighted by Crippen LogP contribution is -2.42. The van der Waals surface area contributed by atoms with Crippen LogP contribution in [0.3, 0.4) is 0 Å². The number of nitrogens with zero attached hydrogens (tertiary/aromatic N) is 5. The maximum absolute atomic E-state index is 13.6. The van der Waals surface area contributed by atoms with E-state index in [2.05, 4.69) is 37.8 Å². The molecule has 3 aromatic rings. The monoisotopic (exact) mass is 391 g/mol. The van der Waals surface area contributed by atoms with Gasteiger partial charge in [-0.1, -0.05) is 18.2 Å². The first kappa shape index (κ1) is 19.6. The van der Waals surface area contributed by atoms with Gasteiger partial charge >= 0.3 is 0 Å². The van der Waals surface area contributed by atoms with Crippen LogP contribution >= 0.6 is 0 Å². The highest BCUT2D eigenvalue weighted by molar-refractivity contribution is 6.07. The lowest BCUT2D eigenvalue weighted by atomic mass is 10.0. The minimum atomic E-state index is 0.0869. The molecule has 3 heterocycles. The van der Waals surface area contributed by atoms with Crippen LogP contribution < -0.4 is 0 Å². The van der Waals surface area contributed by atoms with Crippen molar-refractivity contribution in [2.24, 2.45) is 0 Å². The van der Waals surface area contributed by atoms with Crippen molar-refractivity contribution in [1.82, 2.24) is 24.6 Å². The average molecular weight is 392 g/mol. The van der Waals surface area contributed by atoms with Crippen molar-refractivity contribution in [3.05, 3.63) is 48.3 Å². The topological polar surface area (TPSA) is 54.3 Å². The van der Waals surface area contributed by atoms with E-state index in [1.54, 1.807) is 0 Å². The van der Waals surface area contributed by atoms with Crippen LogP contribution in [0.15, 0.2) is 42.7 Å². The van der Waals surface area contributed by atoms with Crippen molar-refractivity contribution in [2.45, 2.75) is 39.3 Å². The molecule has 152 valence electrons. The third kappa shape index (κ3) is 3.90. The van der Waals surface area contributed by atoms with Crippen LogP contribution in [0.4, 0.5) is 0 Å². The molecule has 0 unspecified atom stereocenters. The van der Waals surface area contributed by atoms with Crippen molar-refractivity contribution >= 4 is 16.8 Å². The quantitative estimate of drug-likeness (QED) is 0.681. The van der Waals surface area contributed by atoms with Crippen LogP contribution in [0.5, 0.6) is 0 Å². The Morgan fingerprint density at radius 3 is 2.76 bits per heavy atom. The minimum Gasteiger partial charge on any atom is -0.335 e. The molecule has 1 aromatic carbocycles. The molecule has 0 aliphatic carbocycles. The van der Waals surface area contributed by atoms with Gasteiger partial charge in [-0.15, -0.1) is 0 Å². The van der Waals surface area contributed by atoms with Crippen molar-refractivity contribution < 1.29 is 4.79 Å². The van der Waals surface area contributed by atoms with Gasteiger partial charge in [0.1, 0.15) is 0 Å². The van der Waals surface area contributed by atoms with E-state index in [0.29, 0.717) is 0 Å². The first-order valence-electron chi connectivity index (χ1n) is 10.4. The molecular formula is C23H29N5O. The molecule has 6 heteroatoms. The summed E-state index contributed by atoms with van der Waals surface area (Å²) >= 11 is 0. The first-order valence-corrected chi connectivity index (χ1v) is 10.4. The largest absolute Gasteiger partial charge is 0.335 e. The smallest absolute Gasteiger partial charge is 0.254 e. The zero-order chi connectivity index (χ0) is 20.5. The Hall–Kier alpha value is -2.73. The van der Waals surface area contributed by atoms with Gasteiger partial charge in [-0.05, 0) is 52.9 Å². The Morgan fingerprint density at radius 2 is 2.00 bits per heavy atom. The standard InChI is InChI=1S/C23H29N5O/c1-16(2)28-15-18(13-24-28)22-12-20(19-8-5-6-9-21(19)25-22)23(29)27-11-7-10-26(4)14-17(27)3/h5-6,8-9,12-13,15-17H,7,10-11,14H2,1-4H3/t17-/m1/s1. The SMILES string of the molecule is CC(C)n1cc(-c2cc(C(=O)N3CCCN(C)C[C@H]3C)c3ccccc3n2)cn1. The van der Waals surface area contributed by atoms with E-state index in [-0.39, 0.29) is 18.0 Å². The van der Waals surface area contributed by atoms with Crippen LogP contribution in [0.1, 0.15) is 43.6 Å². The average Bonchev–Trinajstić information content (AvgIpc) is 3.14. The molecule has 0 N–H and O–H groups in total. The van der Waals surface area contributed by atoms with Crippen LogP contribution in [0, 0.1) is 0 Å². The highest BCUT2D eigenvalue weighted by Crippen LogP contribution is 2.27. The number of benzene rings is 1. The molecule has 1 aliphatic heterocycles. The molecule has 6 nitrogen and oxygen atoms in total. The Morgan fingerprint density at radius 1 is 1.21 bits per heavy atom. The van der Waals surface area contributed by atoms with Crippen LogP contribution in [-0.4, -0.2) is 63.2 Å². The van der Waals surface area contributed by atoms with Gasteiger partial charge in [0.15, 0.2) is 0 Å². The normalized spacial score (nSPS) is 18.4. The van der Waals surface area contributed by atoms with E-state index < -0.39 is 0 Å². The fraction of sp³-hybridized carbons (Fsp3) is 0.435. The number of rotatable bonds is 3. The van der Waals surface area contributed by atoms with Crippen LogP contribution in [-0.2, 0) is 0 Å². The molecule has 0 saturated carbocycles. The summed E-state index contributed by atoms with van der Waals surface area (Å²) < 4.78 is 1.92. The van der Waals surface area contributed by atoms with E-state index in [0.717, 1.165) is 53.8 Å². The number of para-hydroxylation sites is 1. The molecule has 29 heavy (non-hydrogen) atoms. The maximum Gasteiger partial charge on any atom is 0.254 e. The molecule has 1 amide bonds. The summed E-state index contributed by atoms with van der Waals surface area (Å²) in [6, 6.07) is 10.3. The second-order valence-electron chi connectivity index (χ2n) is 8.34. The Bertz CT molecular complexity index is 1030. The number of carbonyl (C=O) groups excluding carboxylic acids is 1. The third-order valence-electron chi connectivity index (χ3n) is 5.68. The molecule has 4 rings (SSSR count). The van der Waals surface area contributed by atoms with E-state index >= 15 is 0 Å². The van der Waals surface area contributed by atoms with E-state index in [9.17, 15) is 4.79 Å². The molecule has 1 aliphatic rings. The van der Waals surface area contributed by atoms with E-state index in [1.807, 2.05) is 52.3 Å². The van der Waals surface area contributed by atoms with Gasteiger partial charge < -0.3 is 9.80 Å². The van der Waals surface area contributed by atoms with Gasteiger partial charge in [0.2, 0.25) is 0 Å². The third-order valence-corrected chi connectivity index (χ3v) is 5.68. The number of hydrogen-bond donors (Lipinski definition) is 0. The number of likely N-dealkylation sites (N-methyl/N-ethyl adjacent to an activating group) is 1. The highest BCUT2D eigenvalue weighted by atomic mass is 16.2. The molecule has 0 bridgehead atoms. The predicted molar refractivity (Wildman–Crippen MR) is 116 cm³/mol. The number of hydrogen-bond acceptors (Lipinski definition) is 4. The Kier molecular flexibility index (Phi) is 5.37. The van der Waals surface area contributed by atoms with Crippen molar-refractivity contribution in [1.29, 1.82) is 0 Å². The Balaban J connectivity index is 1.79. The van der Waals surface area contributed by atoms with Crippen molar-refractivity contribution in [2.75, 3.05) is 26.7 Å². The minimum absolute atomic E-state index is 0.0869. The highest BCUT2D eigenvalue weighted by Gasteiger charge is 2.26. The van der Waals surface area contributed by atoms with Gasteiger partial charge in [0.05, 0.1) is 23.0 Å². The number of pyridine rings is 1. The van der Waals surface area contributed by atoms with E-state index in [4.69, 9.17) is 4.98 Å². The van der Waals surface area contributed by atoms with Crippen molar-refractivity contribution in [3.8, 4) is 11.3 Å². The summed E-state index contributed by atoms with van der Waals surface area (Å²) in [5.41, 5.74) is 3.28. The molecule has 0 radical (unpaired) electrons. The molecular weight excluding hydrogens is 362 g/mol. The zero-order valence-electron chi connectivity index (χ0n) is 17.7. The number of amides is 1. The van der Waals surface area contributed by atoms with Gasteiger partial charge in [-0.2, -0.15) is 5.10 Å². The molecule has 1 fully saturated rings. The summed E-state index contributed by atoms with van der Waals surface area (Å²) in [5, 5.41) is 5.35. The lowest BCUT2D eigenvalue weighted by molar-refractivity contribution is 0.0698. The molecule has 2 aromatic heterocycles. The second-order valence-corrected chi connectivity index (χ2v) is 8.34. The zero-order valence-corrected chi connectivity index (χ0v) is 17.7. The summed E-state index contributed by atoms with van der Waals surface area (Å²) in [5.74, 6) is 0.0869. The number of fused-ring (bicyclic) bond motifs is 1. The van der Waals surface area contributed by atoms with Gasteiger partial charge in [0.25, 0.3) is 5.91 Å². The van der Waals surface area contributed by atoms with Crippen LogP contribution in [0.25, 0.3) is 22.2 Å². The summed E-state index contributed by atoms with van der Waals surface area (Å²) in [6.45, 7) is 9.01. The molecule has 1 saturated heterocycles. The van der Waals surface area contributed by atoms with Gasteiger partial charge in [-0.25, -0.2) is 4.98 Å². The molecule has 0 spiro atoms. The lowest BCUT2D eigenvalue weighted by Gasteiger charge is -2.28. The van der Waals surface area contributed by atoms with E-state index in [1.165, 1.54) is 0 Å². The van der Waals surface area contributed by atoms with Gasteiger partial charge in [-0.3, -0.25) is 9.48 Å². The fourth-order valence-corrected chi connectivity index (χ4v) is 4.08. The second kappa shape index (κ2) is 7.95. The van der Waals surface area contributed by atoms with Crippen LogP contribution in [0.2, 0.25) is 0 Å². The van der Waals surface area contributed by atoms with Gasteiger partial charge in [0, 0.05) is 42.3 Å². The van der Waals surface area contributed by atoms with Crippen molar-refractivity contribution in [3.63, 3.8) is 0 Å². The fourth-order valence-electron chi connectivity index (χ4n) is 4.08. The molecule has 1 atom stereocenters. The maximum atomic E-state index is 13.6.